The molecule has 1 fully saturated rings. The van der Waals surface area contributed by atoms with Gasteiger partial charge in [0.15, 0.2) is 0 Å². The molecule has 2 aromatic rings. The first kappa shape index (κ1) is 18.4. The molecule has 27 heavy (non-hydrogen) atoms. The molecule has 1 unspecified atom stereocenters. The average molecular weight is 375 g/mol. The number of fused-ring (bicyclic) bond motifs is 1. The molecule has 1 heterocycles. The van der Waals surface area contributed by atoms with Crippen molar-refractivity contribution >= 4 is 0 Å². The quantitative estimate of drug-likeness (QED) is 0.714. The molecule has 144 valence electrons. The van der Waals surface area contributed by atoms with Crippen LogP contribution in [0.4, 0.5) is 13.2 Å². The molecule has 4 rings (SSSR count). The van der Waals surface area contributed by atoms with Crippen LogP contribution in [0.3, 0.4) is 0 Å². The Kier molecular flexibility index (Phi) is 5.13. The Balaban J connectivity index is 1.54. The van der Waals surface area contributed by atoms with Crippen LogP contribution in [0.15, 0.2) is 48.5 Å². The zero-order valence-electron chi connectivity index (χ0n) is 15.2. The van der Waals surface area contributed by atoms with Crippen molar-refractivity contribution in [2.24, 2.45) is 5.92 Å². The molecule has 0 N–H and O–H groups in total. The molecule has 0 saturated carbocycles. The van der Waals surface area contributed by atoms with Crippen LogP contribution >= 0.6 is 0 Å². The van der Waals surface area contributed by atoms with Gasteiger partial charge in [0.05, 0.1) is 0 Å². The molecule has 0 radical (unpaired) electrons. The first-order valence-corrected chi connectivity index (χ1v) is 9.63. The summed E-state index contributed by atoms with van der Waals surface area (Å²) in [5.41, 5.74) is 3.63. The average Bonchev–Trinajstić information content (AvgIpc) is 3.23. The smallest absolute Gasteiger partial charge is 0.406 e. The normalized spacial score (nSPS) is 22.8. The van der Waals surface area contributed by atoms with E-state index in [9.17, 15) is 13.2 Å². The fourth-order valence-electron chi connectivity index (χ4n) is 4.65. The minimum atomic E-state index is -4.66. The molecular formula is C22H24F3NO. The zero-order valence-corrected chi connectivity index (χ0v) is 15.2. The van der Waals surface area contributed by atoms with Crippen molar-refractivity contribution in [3.63, 3.8) is 0 Å². The third kappa shape index (κ3) is 4.46. The van der Waals surface area contributed by atoms with E-state index in [0.29, 0.717) is 11.8 Å². The number of benzene rings is 2. The minimum absolute atomic E-state index is 0.137. The van der Waals surface area contributed by atoms with Crippen LogP contribution in [0.2, 0.25) is 0 Å². The third-order valence-electron chi connectivity index (χ3n) is 5.78. The summed E-state index contributed by atoms with van der Waals surface area (Å²) in [6.07, 6.45) is -0.333. The van der Waals surface area contributed by atoms with E-state index in [1.54, 1.807) is 6.07 Å². The van der Waals surface area contributed by atoms with Crippen molar-refractivity contribution < 1.29 is 17.9 Å². The third-order valence-corrected chi connectivity index (χ3v) is 5.78. The second kappa shape index (κ2) is 7.55. The van der Waals surface area contributed by atoms with Crippen LogP contribution in [0.5, 0.6) is 5.75 Å². The Labute approximate surface area is 157 Å². The highest BCUT2D eigenvalue weighted by Crippen LogP contribution is 2.41. The van der Waals surface area contributed by atoms with Gasteiger partial charge in [-0.1, -0.05) is 36.4 Å². The van der Waals surface area contributed by atoms with E-state index in [2.05, 4.69) is 33.9 Å². The van der Waals surface area contributed by atoms with Gasteiger partial charge in [0.2, 0.25) is 0 Å². The van der Waals surface area contributed by atoms with E-state index in [1.165, 1.54) is 36.1 Å². The van der Waals surface area contributed by atoms with Crippen LogP contribution < -0.4 is 4.74 Å². The summed E-state index contributed by atoms with van der Waals surface area (Å²) in [4.78, 5) is 2.53. The molecule has 2 aliphatic rings. The summed E-state index contributed by atoms with van der Waals surface area (Å²) in [6, 6.07) is 14.9. The van der Waals surface area contributed by atoms with Crippen LogP contribution in [-0.2, 0) is 12.8 Å². The molecule has 2 nitrogen and oxygen atoms in total. The number of hydrogen-bond acceptors (Lipinski definition) is 2. The number of ether oxygens (including phenoxy) is 1. The molecule has 2 aromatic carbocycles. The van der Waals surface area contributed by atoms with Gasteiger partial charge in [-0.3, -0.25) is 0 Å². The van der Waals surface area contributed by atoms with Gasteiger partial charge in [-0.2, -0.15) is 0 Å². The molecule has 1 aliphatic carbocycles. The molecule has 0 spiro atoms. The second-order valence-corrected chi connectivity index (χ2v) is 7.68. The number of alkyl halides is 3. The van der Waals surface area contributed by atoms with Gasteiger partial charge < -0.3 is 9.64 Å². The van der Waals surface area contributed by atoms with Crippen molar-refractivity contribution in [3.8, 4) is 5.75 Å². The minimum Gasteiger partial charge on any atom is -0.406 e. The Morgan fingerprint density at radius 2 is 1.78 bits per heavy atom. The first-order chi connectivity index (χ1) is 13.0. The molecule has 2 atom stereocenters. The van der Waals surface area contributed by atoms with Crippen molar-refractivity contribution in [1.29, 1.82) is 0 Å². The first-order valence-electron chi connectivity index (χ1n) is 9.63. The lowest BCUT2D eigenvalue weighted by atomic mass is 9.86. The lowest BCUT2D eigenvalue weighted by molar-refractivity contribution is -0.274. The topological polar surface area (TPSA) is 12.5 Å². The fraction of sp³-hybridized carbons (Fsp3) is 0.455. The van der Waals surface area contributed by atoms with Gasteiger partial charge >= 0.3 is 6.36 Å². The summed E-state index contributed by atoms with van der Waals surface area (Å²) >= 11 is 0. The maximum absolute atomic E-state index is 12.5. The maximum atomic E-state index is 12.5. The van der Waals surface area contributed by atoms with E-state index in [4.69, 9.17) is 0 Å². The molecule has 0 amide bonds. The summed E-state index contributed by atoms with van der Waals surface area (Å²) in [5.74, 6) is 0.706. The van der Waals surface area contributed by atoms with E-state index in [-0.39, 0.29) is 5.75 Å². The van der Waals surface area contributed by atoms with Crippen molar-refractivity contribution in [3.05, 3.63) is 65.2 Å². The van der Waals surface area contributed by atoms with Crippen LogP contribution in [-0.4, -0.2) is 30.9 Å². The summed E-state index contributed by atoms with van der Waals surface area (Å²) in [5, 5.41) is 0. The van der Waals surface area contributed by atoms with Gasteiger partial charge in [-0.15, -0.1) is 13.2 Å². The SMILES string of the molecule is FC(F)(F)Oc1cccc(CC2c3ccccc3C[C@@H]2CN2CCCC2)c1. The van der Waals surface area contributed by atoms with Gasteiger partial charge in [0.1, 0.15) is 5.75 Å². The summed E-state index contributed by atoms with van der Waals surface area (Å²) in [6.45, 7) is 3.39. The number of nitrogens with zero attached hydrogens (tertiary/aromatic N) is 1. The fourth-order valence-corrected chi connectivity index (χ4v) is 4.65. The van der Waals surface area contributed by atoms with Gasteiger partial charge in [-0.05, 0) is 79.4 Å². The van der Waals surface area contributed by atoms with Gasteiger partial charge in [-0.25, -0.2) is 0 Å². The molecule has 0 bridgehead atoms. The Morgan fingerprint density at radius 3 is 2.56 bits per heavy atom. The Hall–Kier alpha value is -2.01. The predicted molar refractivity (Wildman–Crippen MR) is 98.9 cm³/mol. The predicted octanol–water partition coefficient (Wildman–Crippen LogP) is 5.18. The summed E-state index contributed by atoms with van der Waals surface area (Å²) < 4.78 is 41.7. The zero-order chi connectivity index (χ0) is 18.9. The van der Waals surface area contributed by atoms with Crippen molar-refractivity contribution in [2.45, 2.75) is 38.0 Å². The molecule has 1 saturated heterocycles. The molecular weight excluding hydrogens is 351 g/mol. The summed E-state index contributed by atoms with van der Waals surface area (Å²) in [7, 11) is 0. The lowest BCUT2D eigenvalue weighted by Crippen LogP contribution is -2.29. The molecule has 0 aromatic heterocycles. The van der Waals surface area contributed by atoms with E-state index in [0.717, 1.165) is 38.0 Å². The van der Waals surface area contributed by atoms with Gasteiger partial charge in [0.25, 0.3) is 0 Å². The number of halogens is 3. The maximum Gasteiger partial charge on any atom is 0.573 e. The van der Waals surface area contributed by atoms with Crippen molar-refractivity contribution in [2.75, 3.05) is 19.6 Å². The highest BCUT2D eigenvalue weighted by Gasteiger charge is 2.34. The van der Waals surface area contributed by atoms with E-state index >= 15 is 0 Å². The number of likely N-dealkylation sites (tertiary alicyclic amines) is 1. The number of hydrogen-bond donors (Lipinski definition) is 0. The van der Waals surface area contributed by atoms with Crippen LogP contribution in [0.25, 0.3) is 0 Å². The highest BCUT2D eigenvalue weighted by molar-refractivity contribution is 5.39. The molecule has 5 heteroatoms. The molecule has 1 aliphatic heterocycles. The van der Waals surface area contributed by atoms with E-state index in [1.807, 2.05) is 6.07 Å². The Morgan fingerprint density at radius 1 is 1.00 bits per heavy atom. The van der Waals surface area contributed by atoms with Crippen molar-refractivity contribution in [1.82, 2.24) is 4.90 Å². The van der Waals surface area contributed by atoms with Crippen LogP contribution in [0.1, 0.15) is 35.4 Å². The van der Waals surface area contributed by atoms with Gasteiger partial charge in [0, 0.05) is 6.54 Å². The largest absolute Gasteiger partial charge is 0.573 e. The highest BCUT2D eigenvalue weighted by atomic mass is 19.4. The lowest BCUT2D eigenvalue weighted by Gasteiger charge is -2.26. The standard InChI is InChI=1S/C22H24F3NO/c23-22(24,25)27-19-8-5-6-16(12-19)13-21-18(15-26-10-3-4-11-26)14-17-7-1-2-9-20(17)21/h1-2,5-9,12,18,21H,3-4,10-11,13-15H2/t18-,21?/m1/s1. The number of rotatable bonds is 5. The Bertz CT molecular complexity index is 783. The monoisotopic (exact) mass is 375 g/mol. The second-order valence-electron chi connectivity index (χ2n) is 7.68. The van der Waals surface area contributed by atoms with E-state index < -0.39 is 6.36 Å². The van der Waals surface area contributed by atoms with Crippen LogP contribution in [0, 0.1) is 5.92 Å².